The third-order valence-corrected chi connectivity index (χ3v) is 18.9. The molecule has 0 aromatic carbocycles. The molecule has 0 aliphatic rings. The molecule has 0 spiro atoms. The van der Waals surface area contributed by atoms with Crippen LogP contribution in [0.3, 0.4) is 0 Å². The molecule has 19 heteroatoms. The molecule has 0 amide bonds. The Morgan fingerprint density at radius 1 is 0.319 bits per heavy atom. The van der Waals surface area contributed by atoms with Crippen molar-refractivity contribution in [3.8, 4) is 0 Å². The molecule has 0 aromatic heterocycles. The molecule has 0 bridgehead atoms. The fourth-order valence-corrected chi connectivity index (χ4v) is 12.4. The van der Waals surface area contributed by atoms with Gasteiger partial charge in [-0.05, 0) is 43.4 Å². The van der Waals surface area contributed by atoms with Crippen LogP contribution in [0.1, 0.15) is 363 Å². The van der Waals surface area contributed by atoms with Crippen LogP contribution in [-0.2, 0) is 65.4 Å². The summed E-state index contributed by atoms with van der Waals surface area (Å²) in [6, 6.07) is 0. The monoisotopic (exact) mass is 1340 g/mol. The average molecular weight is 1340 g/mol. The minimum absolute atomic E-state index is 0.101. The Labute approximate surface area is 556 Å². The van der Waals surface area contributed by atoms with Gasteiger partial charge in [0.2, 0.25) is 0 Å². The quantitative estimate of drug-likeness (QED) is 0.0222. The first kappa shape index (κ1) is 89.1. The normalized spacial score (nSPS) is 14.5. The van der Waals surface area contributed by atoms with Gasteiger partial charge in [0, 0.05) is 25.7 Å². The maximum absolute atomic E-state index is 13.0. The number of phosphoric ester groups is 2. The third-order valence-electron chi connectivity index (χ3n) is 17.0. The number of carbonyl (C=O) groups is 4. The molecule has 0 heterocycles. The molecule has 0 radical (unpaired) electrons. The van der Waals surface area contributed by atoms with Crippen LogP contribution in [0.5, 0.6) is 0 Å². The summed E-state index contributed by atoms with van der Waals surface area (Å²) in [7, 11) is -9.90. The second-order valence-electron chi connectivity index (χ2n) is 27.2. The summed E-state index contributed by atoms with van der Waals surface area (Å²) in [5, 5.41) is 10.6. The van der Waals surface area contributed by atoms with Crippen molar-refractivity contribution in [1.29, 1.82) is 0 Å². The van der Waals surface area contributed by atoms with Crippen molar-refractivity contribution in [2.24, 2.45) is 17.8 Å². The van der Waals surface area contributed by atoms with Crippen LogP contribution in [0.25, 0.3) is 0 Å². The molecule has 540 valence electrons. The van der Waals surface area contributed by atoms with Crippen molar-refractivity contribution >= 4 is 39.5 Å². The van der Waals surface area contributed by atoms with Crippen LogP contribution in [0.15, 0.2) is 0 Å². The second kappa shape index (κ2) is 62.8. The van der Waals surface area contributed by atoms with E-state index in [4.69, 9.17) is 37.0 Å². The highest BCUT2D eigenvalue weighted by molar-refractivity contribution is 7.47. The molecular weight excluding hydrogens is 1200 g/mol. The third kappa shape index (κ3) is 65.1. The van der Waals surface area contributed by atoms with E-state index in [1.165, 1.54) is 167 Å². The van der Waals surface area contributed by atoms with Gasteiger partial charge in [0.15, 0.2) is 12.2 Å². The van der Waals surface area contributed by atoms with E-state index in [0.717, 1.165) is 102 Å². The fraction of sp³-hybridized carbons (Fsp3) is 0.944. The zero-order valence-corrected chi connectivity index (χ0v) is 61.1. The molecule has 0 aromatic rings. The Morgan fingerprint density at radius 2 is 0.560 bits per heavy atom. The van der Waals surface area contributed by atoms with Gasteiger partial charge in [0.25, 0.3) is 0 Å². The molecule has 17 nitrogen and oxygen atoms in total. The van der Waals surface area contributed by atoms with E-state index in [2.05, 4.69) is 48.5 Å². The van der Waals surface area contributed by atoms with Gasteiger partial charge in [0.05, 0.1) is 26.4 Å². The molecule has 0 rings (SSSR count). The van der Waals surface area contributed by atoms with E-state index in [0.29, 0.717) is 37.5 Å². The summed E-state index contributed by atoms with van der Waals surface area (Å²) in [4.78, 5) is 72.5. The maximum atomic E-state index is 13.0. The molecule has 0 aliphatic carbocycles. The Hall–Kier alpha value is -1.94. The first-order valence-electron chi connectivity index (χ1n) is 37.4. The minimum Gasteiger partial charge on any atom is -0.462 e. The Kier molecular flexibility index (Phi) is 61.5. The highest BCUT2D eigenvalue weighted by Gasteiger charge is 2.30. The van der Waals surface area contributed by atoms with Crippen molar-refractivity contribution in [3.05, 3.63) is 0 Å². The number of carbonyl (C=O) groups excluding carboxylic acids is 4. The van der Waals surface area contributed by atoms with Crippen molar-refractivity contribution in [3.63, 3.8) is 0 Å². The van der Waals surface area contributed by atoms with Gasteiger partial charge in [-0.1, -0.05) is 312 Å². The van der Waals surface area contributed by atoms with Gasteiger partial charge < -0.3 is 33.8 Å². The average Bonchev–Trinajstić information content (AvgIpc) is 3.73. The molecule has 0 aliphatic heterocycles. The maximum Gasteiger partial charge on any atom is 0.472 e. The summed E-state index contributed by atoms with van der Waals surface area (Å²) < 4.78 is 68.2. The van der Waals surface area contributed by atoms with E-state index in [1.807, 2.05) is 0 Å². The summed E-state index contributed by atoms with van der Waals surface area (Å²) in [6.45, 7) is 11.7. The zero-order valence-electron chi connectivity index (χ0n) is 59.3. The highest BCUT2D eigenvalue weighted by atomic mass is 31.2. The lowest BCUT2D eigenvalue weighted by atomic mass is 9.99. The Bertz CT molecular complexity index is 1790. The molecule has 0 saturated carbocycles. The number of esters is 4. The van der Waals surface area contributed by atoms with E-state index in [9.17, 15) is 43.2 Å². The first-order chi connectivity index (χ1) is 43.8. The van der Waals surface area contributed by atoms with Crippen LogP contribution in [0.4, 0.5) is 0 Å². The number of hydrogen-bond acceptors (Lipinski definition) is 15. The molecule has 6 atom stereocenters. The molecular formula is C72H140O17P2. The number of hydrogen-bond donors (Lipinski definition) is 3. The predicted molar refractivity (Wildman–Crippen MR) is 368 cm³/mol. The first-order valence-corrected chi connectivity index (χ1v) is 40.4. The van der Waals surface area contributed by atoms with Crippen LogP contribution >= 0.6 is 15.6 Å². The smallest absolute Gasteiger partial charge is 0.462 e. The lowest BCUT2D eigenvalue weighted by Crippen LogP contribution is -2.30. The lowest BCUT2D eigenvalue weighted by molar-refractivity contribution is -0.161. The number of unbranched alkanes of at least 4 members (excludes halogenated alkanes) is 37. The summed E-state index contributed by atoms with van der Waals surface area (Å²) in [5.74, 6) is -0.00653. The van der Waals surface area contributed by atoms with Gasteiger partial charge in [-0.15, -0.1) is 0 Å². The van der Waals surface area contributed by atoms with Gasteiger partial charge in [-0.2, -0.15) is 0 Å². The van der Waals surface area contributed by atoms with E-state index >= 15 is 0 Å². The van der Waals surface area contributed by atoms with E-state index in [1.54, 1.807) is 0 Å². The van der Waals surface area contributed by atoms with Gasteiger partial charge >= 0.3 is 39.5 Å². The second-order valence-corrected chi connectivity index (χ2v) is 30.1. The van der Waals surface area contributed by atoms with Crippen molar-refractivity contribution in [2.45, 2.75) is 381 Å². The largest absolute Gasteiger partial charge is 0.472 e. The number of aliphatic hydroxyl groups is 1. The standard InChI is InChI=1S/C72H140O17P2/c1-8-10-11-12-13-14-15-16-17-18-19-20-21-22-23-24-25-26-31-41-48-55-71(76)88-67(59-82-69(74)53-46-39-30-28-27-29-38-45-52-65(7)9-2)61-86-90(78,79)84-57-66(73)58-85-91(80,81)87-62-68(89-72(77)56-49-42-35-33-37-44-51-64(5)6)60-83-70(75)54-47-40-34-32-36-43-50-63(3)4/h63-68,73H,8-62H2,1-7H3,(H,78,79)(H,80,81)/t65?,66-,67-,68-/m1/s1. The van der Waals surface area contributed by atoms with Crippen LogP contribution < -0.4 is 0 Å². The Morgan fingerprint density at radius 3 is 0.835 bits per heavy atom. The van der Waals surface area contributed by atoms with Crippen LogP contribution in [0, 0.1) is 17.8 Å². The number of ether oxygens (including phenoxy) is 4. The lowest BCUT2D eigenvalue weighted by Gasteiger charge is -2.21. The van der Waals surface area contributed by atoms with E-state index in [-0.39, 0.29) is 25.7 Å². The Balaban J connectivity index is 5.16. The van der Waals surface area contributed by atoms with Crippen molar-refractivity contribution < 1.29 is 80.2 Å². The number of aliphatic hydroxyl groups excluding tert-OH is 1. The molecule has 0 saturated heterocycles. The summed E-state index contributed by atoms with van der Waals surface area (Å²) in [6.07, 6.45) is 47.7. The van der Waals surface area contributed by atoms with E-state index < -0.39 is 97.5 Å². The van der Waals surface area contributed by atoms with Crippen molar-refractivity contribution in [2.75, 3.05) is 39.6 Å². The van der Waals surface area contributed by atoms with Crippen molar-refractivity contribution in [1.82, 2.24) is 0 Å². The van der Waals surface area contributed by atoms with Crippen LogP contribution in [0.2, 0.25) is 0 Å². The van der Waals surface area contributed by atoms with Gasteiger partial charge in [-0.3, -0.25) is 37.3 Å². The zero-order chi connectivity index (χ0) is 67.3. The van der Waals surface area contributed by atoms with Crippen LogP contribution in [-0.4, -0.2) is 96.7 Å². The van der Waals surface area contributed by atoms with Gasteiger partial charge in [-0.25, -0.2) is 9.13 Å². The molecule has 3 N–H and O–H groups in total. The molecule has 0 fully saturated rings. The SMILES string of the molecule is CCCCCCCCCCCCCCCCCCCCCCCC(=O)O[C@H](COC(=O)CCCCCCCCCCC(C)CC)COP(=O)(O)OC[C@@H](O)COP(=O)(O)OC[C@@H](COC(=O)CCCCCCCCC(C)C)OC(=O)CCCCCCCCC(C)C. The topological polar surface area (TPSA) is 237 Å². The fourth-order valence-electron chi connectivity index (χ4n) is 10.9. The highest BCUT2D eigenvalue weighted by Crippen LogP contribution is 2.45. The summed E-state index contributed by atoms with van der Waals surface area (Å²) >= 11 is 0. The molecule has 91 heavy (non-hydrogen) atoms. The number of rotatable bonds is 70. The van der Waals surface area contributed by atoms with Gasteiger partial charge in [0.1, 0.15) is 19.3 Å². The minimum atomic E-state index is -4.95. The summed E-state index contributed by atoms with van der Waals surface area (Å²) in [5.41, 5.74) is 0. The predicted octanol–water partition coefficient (Wildman–Crippen LogP) is 20.6. The number of phosphoric acid groups is 2. The molecule has 3 unspecified atom stereocenters.